The Labute approximate surface area is 96.5 Å². The Kier molecular flexibility index (Phi) is 5.26. The van der Waals surface area contributed by atoms with E-state index in [1.165, 1.54) is 18.9 Å². The van der Waals surface area contributed by atoms with Gasteiger partial charge in [0.1, 0.15) is 0 Å². The van der Waals surface area contributed by atoms with Crippen LogP contribution in [0.5, 0.6) is 5.75 Å². The van der Waals surface area contributed by atoms with Gasteiger partial charge < -0.3 is 10.4 Å². The highest BCUT2D eigenvalue weighted by Gasteiger charge is 2.07. The van der Waals surface area contributed by atoms with Gasteiger partial charge in [-0.3, -0.25) is 0 Å². The Morgan fingerprint density at radius 2 is 2.19 bits per heavy atom. The second-order valence-corrected chi connectivity index (χ2v) is 4.17. The standard InChI is InChI=1S/C13H20FNO/c1-3-4-6-10(2)15-9-11-7-5-8-12(14)13(11)16/h5,7-8,10,15-16H,3-4,6,9H2,1-2H3. The van der Waals surface area contributed by atoms with Gasteiger partial charge in [0.2, 0.25) is 0 Å². The zero-order valence-electron chi connectivity index (χ0n) is 9.96. The maximum absolute atomic E-state index is 13.0. The number of hydrogen-bond acceptors (Lipinski definition) is 2. The molecule has 2 N–H and O–H groups in total. The smallest absolute Gasteiger partial charge is 0.165 e. The Morgan fingerprint density at radius 3 is 2.88 bits per heavy atom. The molecule has 0 bridgehead atoms. The van der Waals surface area contributed by atoms with Gasteiger partial charge in [0.05, 0.1) is 0 Å². The van der Waals surface area contributed by atoms with Crippen LogP contribution in [0.1, 0.15) is 38.7 Å². The molecule has 2 nitrogen and oxygen atoms in total. The van der Waals surface area contributed by atoms with Gasteiger partial charge in [-0.1, -0.05) is 31.9 Å². The van der Waals surface area contributed by atoms with Crippen LogP contribution < -0.4 is 5.32 Å². The lowest BCUT2D eigenvalue weighted by Gasteiger charge is -2.14. The Hall–Kier alpha value is -1.09. The normalized spacial score (nSPS) is 12.7. The first-order valence-electron chi connectivity index (χ1n) is 5.85. The second-order valence-electron chi connectivity index (χ2n) is 4.17. The number of hydrogen-bond donors (Lipinski definition) is 2. The van der Waals surface area contributed by atoms with E-state index in [1.807, 2.05) is 0 Å². The van der Waals surface area contributed by atoms with E-state index in [0.717, 1.165) is 6.42 Å². The van der Waals surface area contributed by atoms with Crippen LogP contribution in [0.2, 0.25) is 0 Å². The van der Waals surface area contributed by atoms with Crippen LogP contribution in [0.3, 0.4) is 0 Å². The van der Waals surface area contributed by atoms with Gasteiger partial charge in [0, 0.05) is 18.2 Å². The van der Waals surface area contributed by atoms with Gasteiger partial charge in [-0.15, -0.1) is 0 Å². The predicted molar refractivity (Wildman–Crippen MR) is 63.9 cm³/mol. The third kappa shape index (κ3) is 3.81. The van der Waals surface area contributed by atoms with Crippen molar-refractivity contribution in [2.75, 3.05) is 0 Å². The Balaban J connectivity index is 2.45. The highest BCUT2D eigenvalue weighted by molar-refractivity contribution is 5.33. The minimum absolute atomic E-state index is 0.238. The van der Waals surface area contributed by atoms with Crippen molar-refractivity contribution in [1.82, 2.24) is 5.32 Å². The second kappa shape index (κ2) is 6.48. The quantitative estimate of drug-likeness (QED) is 0.779. The number of para-hydroxylation sites is 1. The van der Waals surface area contributed by atoms with Gasteiger partial charge in [-0.2, -0.15) is 0 Å². The number of benzene rings is 1. The molecule has 0 heterocycles. The maximum Gasteiger partial charge on any atom is 0.165 e. The Morgan fingerprint density at radius 1 is 1.44 bits per heavy atom. The molecular weight excluding hydrogens is 205 g/mol. The van der Waals surface area contributed by atoms with E-state index in [2.05, 4.69) is 19.2 Å². The van der Waals surface area contributed by atoms with Crippen molar-refractivity contribution < 1.29 is 9.50 Å². The lowest BCUT2D eigenvalue weighted by atomic mass is 10.1. The number of halogens is 1. The van der Waals surface area contributed by atoms with Crippen LogP contribution in [-0.4, -0.2) is 11.1 Å². The summed E-state index contributed by atoms with van der Waals surface area (Å²) in [5.74, 6) is -0.793. The molecule has 0 saturated heterocycles. The molecule has 0 aliphatic rings. The number of rotatable bonds is 6. The number of unbranched alkanes of at least 4 members (excludes halogenated alkanes) is 1. The molecule has 1 atom stereocenters. The van der Waals surface area contributed by atoms with E-state index in [-0.39, 0.29) is 5.75 Å². The topological polar surface area (TPSA) is 32.3 Å². The summed E-state index contributed by atoms with van der Waals surface area (Å²) in [6.45, 7) is 4.77. The Bertz CT molecular complexity index is 328. The van der Waals surface area contributed by atoms with Crippen molar-refractivity contribution in [3.05, 3.63) is 29.6 Å². The third-order valence-corrected chi connectivity index (χ3v) is 2.70. The lowest BCUT2D eigenvalue weighted by molar-refractivity contribution is 0.417. The van der Waals surface area contributed by atoms with Crippen LogP contribution in [0, 0.1) is 5.82 Å². The average Bonchev–Trinajstić information content (AvgIpc) is 2.28. The molecule has 1 rings (SSSR count). The monoisotopic (exact) mass is 225 g/mol. The van der Waals surface area contributed by atoms with Crippen LogP contribution in [0.25, 0.3) is 0 Å². The van der Waals surface area contributed by atoms with Gasteiger partial charge in [0.15, 0.2) is 11.6 Å². The number of aromatic hydroxyl groups is 1. The van der Waals surface area contributed by atoms with Crippen LogP contribution in [-0.2, 0) is 6.54 Å². The number of nitrogens with one attached hydrogen (secondary N) is 1. The van der Waals surface area contributed by atoms with Crippen molar-refractivity contribution in [3.63, 3.8) is 0 Å². The van der Waals surface area contributed by atoms with Crippen molar-refractivity contribution in [3.8, 4) is 5.75 Å². The molecule has 0 amide bonds. The zero-order valence-corrected chi connectivity index (χ0v) is 9.96. The molecule has 1 unspecified atom stereocenters. The molecule has 0 spiro atoms. The highest BCUT2D eigenvalue weighted by Crippen LogP contribution is 2.20. The minimum Gasteiger partial charge on any atom is -0.505 e. The predicted octanol–water partition coefficient (Wildman–Crippen LogP) is 3.20. The first-order chi connectivity index (χ1) is 7.65. The summed E-state index contributed by atoms with van der Waals surface area (Å²) in [6.07, 6.45) is 3.47. The fourth-order valence-corrected chi connectivity index (χ4v) is 1.60. The van der Waals surface area contributed by atoms with Crippen LogP contribution in [0.15, 0.2) is 18.2 Å². The minimum atomic E-state index is -0.555. The molecule has 0 fully saturated rings. The summed E-state index contributed by atoms with van der Waals surface area (Å²) >= 11 is 0. The summed E-state index contributed by atoms with van der Waals surface area (Å²) in [4.78, 5) is 0. The largest absolute Gasteiger partial charge is 0.505 e. The molecule has 16 heavy (non-hydrogen) atoms. The van der Waals surface area contributed by atoms with Gasteiger partial charge in [-0.05, 0) is 19.4 Å². The molecule has 3 heteroatoms. The van der Waals surface area contributed by atoms with Crippen molar-refractivity contribution >= 4 is 0 Å². The molecular formula is C13H20FNO. The van der Waals surface area contributed by atoms with Crippen molar-refractivity contribution in [2.24, 2.45) is 0 Å². The van der Waals surface area contributed by atoms with E-state index < -0.39 is 5.82 Å². The summed E-state index contributed by atoms with van der Waals surface area (Å²) in [5, 5.41) is 12.7. The third-order valence-electron chi connectivity index (χ3n) is 2.70. The first-order valence-corrected chi connectivity index (χ1v) is 5.85. The van der Waals surface area contributed by atoms with Crippen LogP contribution >= 0.6 is 0 Å². The van der Waals surface area contributed by atoms with E-state index in [0.29, 0.717) is 18.2 Å². The van der Waals surface area contributed by atoms with Crippen molar-refractivity contribution in [1.29, 1.82) is 0 Å². The number of phenolic OH excluding ortho intramolecular Hbond substituents is 1. The van der Waals surface area contributed by atoms with Gasteiger partial charge in [-0.25, -0.2) is 4.39 Å². The molecule has 1 aromatic rings. The highest BCUT2D eigenvalue weighted by atomic mass is 19.1. The number of phenols is 1. The lowest BCUT2D eigenvalue weighted by Crippen LogP contribution is -2.25. The van der Waals surface area contributed by atoms with E-state index in [1.54, 1.807) is 12.1 Å². The van der Waals surface area contributed by atoms with Gasteiger partial charge in [0.25, 0.3) is 0 Å². The first kappa shape index (κ1) is 13.0. The fourth-order valence-electron chi connectivity index (χ4n) is 1.60. The van der Waals surface area contributed by atoms with E-state index in [4.69, 9.17) is 0 Å². The summed E-state index contributed by atoms with van der Waals surface area (Å²) in [6, 6.07) is 5.00. The fraction of sp³-hybridized carbons (Fsp3) is 0.538. The molecule has 90 valence electrons. The summed E-state index contributed by atoms with van der Waals surface area (Å²) in [7, 11) is 0. The maximum atomic E-state index is 13.0. The molecule has 0 aliphatic carbocycles. The van der Waals surface area contributed by atoms with E-state index in [9.17, 15) is 9.50 Å². The summed E-state index contributed by atoms with van der Waals surface area (Å²) < 4.78 is 13.0. The van der Waals surface area contributed by atoms with E-state index >= 15 is 0 Å². The molecule has 0 aliphatic heterocycles. The molecule has 1 aromatic carbocycles. The zero-order chi connectivity index (χ0) is 12.0. The van der Waals surface area contributed by atoms with Gasteiger partial charge >= 0.3 is 0 Å². The molecule has 0 aromatic heterocycles. The molecule has 0 radical (unpaired) electrons. The summed E-state index contributed by atoms with van der Waals surface area (Å²) in [5.41, 5.74) is 0.614. The van der Waals surface area contributed by atoms with Crippen molar-refractivity contribution in [2.45, 2.75) is 45.7 Å². The SMILES string of the molecule is CCCCC(C)NCc1cccc(F)c1O. The molecule has 0 saturated carbocycles. The average molecular weight is 225 g/mol. The van der Waals surface area contributed by atoms with Crippen LogP contribution in [0.4, 0.5) is 4.39 Å².